The quantitative estimate of drug-likeness (QED) is 0.808. The smallest absolute Gasteiger partial charge is 0.204 e. The standard InChI is InChI=1S/C11H12F3NO2/c1-16-11-6(8-5-15-2-3-17-8)4-7(12)9(13)10(11)14/h4,8,15H,2-3,5H2,1H3. The summed E-state index contributed by atoms with van der Waals surface area (Å²) in [4.78, 5) is 0. The lowest BCUT2D eigenvalue weighted by Gasteiger charge is -2.25. The van der Waals surface area contributed by atoms with Crippen LogP contribution >= 0.6 is 0 Å². The number of nitrogens with one attached hydrogen (secondary N) is 1. The molecule has 0 aliphatic carbocycles. The Bertz CT molecular complexity index is 420. The van der Waals surface area contributed by atoms with Gasteiger partial charge in [-0.2, -0.15) is 4.39 Å². The van der Waals surface area contributed by atoms with Gasteiger partial charge in [0.15, 0.2) is 17.4 Å². The Morgan fingerprint density at radius 2 is 2.12 bits per heavy atom. The molecule has 1 aliphatic heterocycles. The maximum Gasteiger partial charge on any atom is 0.204 e. The van der Waals surface area contributed by atoms with Crippen LogP contribution in [-0.4, -0.2) is 26.8 Å². The lowest BCUT2D eigenvalue weighted by atomic mass is 10.1. The molecule has 6 heteroatoms. The summed E-state index contributed by atoms with van der Waals surface area (Å²) < 4.78 is 49.8. The fourth-order valence-corrected chi connectivity index (χ4v) is 1.81. The van der Waals surface area contributed by atoms with Crippen LogP contribution in [0.4, 0.5) is 13.2 Å². The van der Waals surface area contributed by atoms with E-state index in [4.69, 9.17) is 9.47 Å². The molecule has 0 spiro atoms. The predicted octanol–water partition coefficient (Wildman–Crippen LogP) is 1.77. The van der Waals surface area contributed by atoms with Gasteiger partial charge in [0.2, 0.25) is 5.82 Å². The third-order valence-electron chi connectivity index (χ3n) is 2.62. The summed E-state index contributed by atoms with van der Waals surface area (Å²) in [6, 6.07) is 0.912. The molecule has 1 unspecified atom stereocenters. The van der Waals surface area contributed by atoms with Crippen LogP contribution in [0.15, 0.2) is 6.07 Å². The maximum atomic E-state index is 13.5. The number of methoxy groups -OCH3 is 1. The molecule has 0 amide bonds. The zero-order valence-electron chi connectivity index (χ0n) is 9.23. The Kier molecular flexibility index (Phi) is 3.54. The van der Waals surface area contributed by atoms with E-state index in [1.807, 2.05) is 0 Å². The first-order chi connectivity index (χ1) is 8.15. The summed E-state index contributed by atoms with van der Waals surface area (Å²) in [7, 11) is 1.20. The van der Waals surface area contributed by atoms with Gasteiger partial charge in [0.1, 0.15) is 0 Å². The second-order valence-corrected chi connectivity index (χ2v) is 3.67. The zero-order valence-corrected chi connectivity index (χ0v) is 9.23. The third-order valence-corrected chi connectivity index (χ3v) is 2.62. The van der Waals surface area contributed by atoms with E-state index in [1.54, 1.807) is 0 Å². The first kappa shape index (κ1) is 12.2. The fraction of sp³-hybridized carbons (Fsp3) is 0.455. The summed E-state index contributed by atoms with van der Waals surface area (Å²) in [6.45, 7) is 1.50. The van der Waals surface area contributed by atoms with E-state index in [1.165, 1.54) is 7.11 Å². The Morgan fingerprint density at radius 1 is 1.35 bits per heavy atom. The van der Waals surface area contributed by atoms with Crippen molar-refractivity contribution in [2.45, 2.75) is 6.10 Å². The van der Waals surface area contributed by atoms with Gasteiger partial charge in [-0.25, -0.2) is 8.78 Å². The molecular formula is C11H12F3NO2. The van der Waals surface area contributed by atoms with Gasteiger partial charge >= 0.3 is 0 Å². The highest BCUT2D eigenvalue weighted by Crippen LogP contribution is 2.33. The lowest BCUT2D eigenvalue weighted by molar-refractivity contribution is 0.0256. The second-order valence-electron chi connectivity index (χ2n) is 3.67. The summed E-state index contributed by atoms with van der Waals surface area (Å²) in [5.41, 5.74) is 0.177. The molecule has 3 nitrogen and oxygen atoms in total. The monoisotopic (exact) mass is 247 g/mol. The molecule has 1 heterocycles. The Morgan fingerprint density at radius 3 is 2.71 bits per heavy atom. The van der Waals surface area contributed by atoms with Crippen LogP contribution in [0.1, 0.15) is 11.7 Å². The van der Waals surface area contributed by atoms with Crippen LogP contribution in [0, 0.1) is 17.5 Å². The second kappa shape index (κ2) is 4.93. The molecule has 1 saturated heterocycles. The highest BCUT2D eigenvalue weighted by Gasteiger charge is 2.26. The molecule has 1 N–H and O–H groups in total. The van der Waals surface area contributed by atoms with E-state index in [2.05, 4.69) is 5.32 Å². The van der Waals surface area contributed by atoms with Gasteiger partial charge in [-0.1, -0.05) is 0 Å². The largest absolute Gasteiger partial charge is 0.493 e. The fourth-order valence-electron chi connectivity index (χ4n) is 1.81. The molecule has 17 heavy (non-hydrogen) atoms. The zero-order chi connectivity index (χ0) is 12.4. The minimum atomic E-state index is -1.53. The molecule has 0 saturated carbocycles. The van der Waals surface area contributed by atoms with E-state index in [9.17, 15) is 13.2 Å². The number of benzene rings is 1. The Labute approximate surface area is 96.5 Å². The van der Waals surface area contributed by atoms with Gasteiger partial charge in [-0.05, 0) is 6.07 Å². The van der Waals surface area contributed by atoms with Gasteiger partial charge in [0, 0.05) is 18.7 Å². The minimum absolute atomic E-state index is 0.177. The summed E-state index contributed by atoms with van der Waals surface area (Å²) in [6.07, 6.45) is -0.539. The average Bonchev–Trinajstić information content (AvgIpc) is 2.36. The topological polar surface area (TPSA) is 30.5 Å². The van der Waals surface area contributed by atoms with Crippen molar-refractivity contribution < 1.29 is 22.6 Å². The molecule has 0 bridgehead atoms. The number of hydrogen-bond acceptors (Lipinski definition) is 3. The van der Waals surface area contributed by atoms with E-state index in [0.717, 1.165) is 6.07 Å². The molecule has 1 aliphatic rings. The SMILES string of the molecule is COc1c(C2CNCCO2)cc(F)c(F)c1F. The lowest BCUT2D eigenvalue weighted by Crippen LogP contribution is -2.33. The molecule has 1 aromatic rings. The number of halogens is 3. The predicted molar refractivity (Wildman–Crippen MR) is 54.4 cm³/mol. The number of morpholine rings is 1. The normalized spacial score (nSPS) is 20.4. The molecule has 1 fully saturated rings. The first-order valence-electron chi connectivity index (χ1n) is 5.19. The molecule has 94 valence electrons. The van der Waals surface area contributed by atoms with Crippen LogP contribution in [-0.2, 0) is 4.74 Å². The Balaban J connectivity index is 2.44. The molecule has 1 aromatic carbocycles. The van der Waals surface area contributed by atoms with Crippen molar-refractivity contribution in [3.8, 4) is 5.75 Å². The van der Waals surface area contributed by atoms with Crippen molar-refractivity contribution in [2.24, 2.45) is 0 Å². The van der Waals surface area contributed by atoms with Crippen molar-refractivity contribution in [3.05, 3.63) is 29.1 Å². The van der Waals surface area contributed by atoms with Crippen LogP contribution in [0.2, 0.25) is 0 Å². The highest BCUT2D eigenvalue weighted by atomic mass is 19.2. The van der Waals surface area contributed by atoms with Crippen LogP contribution < -0.4 is 10.1 Å². The molecule has 1 atom stereocenters. The third kappa shape index (κ3) is 2.23. The number of rotatable bonds is 2. The van der Waals surface area contributed by atoms with E-state index >= 15 is 0 Å². The van der Waals surface area contributed by atoms with Gasteiger partial charge in [0.25, 0.3) is 0 Å². The van der Waals surface area contributed by atoms with Gasteiger partial charge < -0.3 is 14.8 Å². The summed E-state index contributed by atoms with van der Waals surface area (Å²) in [5, 5.41) is 3.02. The van der Waals surface area contributed by atoms with E-state index in [-0.39, 0.29) is 11.3 Å². The number of ether oxygens (including phenoxy) is 2. The molecule has 2 rings (SSSR count). The van der Waals surface area contributed by atoms with Crippen LogP contribution in [0.25, 0.3) is 0 Å². The average molecular weight is 247 g/mol. The molecule has 0 radical (unpaired) electrons. The van der Waals surface area contributed by atoms with Crippen molar-refractivity contribution in [2.75, 3.05) is 26.8 Å². The van der Waals surface area contributed by atoms with Gasteiger partial charge in [-0.3, -0.25) is 0 Å². The first-order valence-corrected chi connectivity index (χ1v) is 5.19. The van der Waals surface area contributed by atoms with Gasteiger partial charge in [0.05, 0.1) is 19.8 Å². The van der Waals surface area contributed by atoms with Crippen molar-refractivity contribution in [1.29, 1.82) is 0 Å². The molecule has 0 aromatic heterocycles. The maximum absolute atomic E-state index is 13.5. The van der Waals surface area contributed by atoms with Crippen molar-refractivity contribution in [1.82, 2.24) is 5.32 Å². The molecular weight excluding hydrogens is 235 g/mol. The van der Waals surface area contributed by atoms with E-state index < -0.39 is 23.6 Å². The summed E-state index contributed by atoms with van der Waals surface area (Å²) in [5.74, 6) is -4.41. The van der Waals surface area contributed by atoms with E-state index in [0.29, 0.717) is 19.7 Å². The van der Waals surface area contributed by atoms with Crippen LogP contribution in [0.3, 0.4) is 0 Å². The number of hydrogen-bond donors (Lipinski definition) is 1. The van der Waals surface area contributed by atoms with Crippen molar-refractivity contribution in [3.63, 3.8) is 0 Å². The highest BCUT2D eigenvalue weighted by molar-refractivity contribution is 5.38. The van der Waals surface area contributed by atoms with Crippen LogP contribution in [0.5, 0.6) is 5.75 Å². The van der Waals surface area contributed by atoms with Crippen molar-refractivity contribution >= 4 is 0 Å². The summed E-state index contributed by atoms with van der Waals surface area (Å²) >= 11 is 0. The Hall–Kier alpha value is -1.27. The minimum Gasteiger partial charge on any atom is -0.493 e. The van der Waals surface area contributed by atoms with Gasteiger partial charge in [-0.15, -0.1) is 0 Å².